The number of aryl methyl sites for hydroxylation is 1. The molecule has 2 heterocycles. The third kappa shape index (κ3) is 3.01. The Morgan fingerprint density at radius 1 is 1.41 bits per heavy atom. The molecule has 6 heteroatoms. The summed E-state index contributed by atoms with van der Waals surface area (Å²) >= 11 is 0. The maximum atomic E-state index is 5.15. The lowest BCUT2D eigenvalue weighted by molar-refractivity contribution is 0.383. The van der Waals surface area contributed by atoms with E-state index in [-0.39, 0.29) is 0 Å². The van der Waals surface area contributed by atoms with Crippen LogP contribution < -0.4 is 10.1 Å². The van der Waals surface area contributed by atoms with Gasteiger partial charge in [-0.05, 0) is 6.07 Å². The van der Waals surface area contributed by atoms with Crippen molar-refractivity contribution in [1.82, 2.24) is 20.4 Å². The molecule has 0 aliphatic rings. The van der Waals surface area contributed by atoms with Crippen molar-refractivity contribution in [3.63, 3.8) is 0 Å². The quantitative estimate of drug-likeness (QED) is 0.834. The maximum Gasteiger partial charge on any atom is 0.223 e. The Balaban J connectivity index is 1.89. The van der Waals surface area contributed by atoms with Gasteiger partial charge in [-0.3, -0.25) is 0 Å². The van der Waals surface area contributed by atoms with Gasteiger partial charge in [0.25, 0.3) is 0 Å². The Morgan fingerprint density at radius 3 is 3.00 bits per heavy atom. The number of aromatic nitrogens is 3. The Labute approximate surface area is 99.0 Å². The van der Waals surface area contributed by atoms with E-state index >= 15 is 0 Å². The first-order chi connectivity index (χ1) is 8.29. The lowest BCUT2D eigenvalue weighted by Gasteiger charge is -2.06. The Morgan fingerprint density at radius 2 is 2.29 bits per heavy atom. The van der Waals surface area contributed by atoms with E-state index in [0.717, 1.165) is 5.56 Å². The van der Waals surface area contributed by atoms with Crippen LogP contribution in [0, 0.1) is 6.92 Å². The van der Waals surface area contributed by atoms with Crippen molar-refractivity contribution in [2.45, 2.75) is 20.0 Å². The molecular weight excluding hydrogens is 220 g/mol. The summed E-state index contributed by atoms with van der Waals surface area (Å²) < 4.78 is 10.0. The Kier molecular flexibility index (Phi) is 3.66. The predicted octanol–water partition coefficient (Wildman–Crippen LogP) is 1.07. The van der Waals surface area contributed by atoms with Crippen LogP contribution in [-0.2, 0) is 13.1 Å². The monoisotopic (exact) mass is 234 g/mol. The zero-order valence-corrected chi connectivity index (χ0v) is 9.80. The van der Waals surface area contributed by atoms with E-state index in [9.17, 15) is 0 Å². The van der Waals surface area contributed by atoms with Gasteiger partial charge in [0.05, 0.1) is 13.7 Å². The van der Waals surface area contributed by atoms with Crippen molar-refractivity contribution in [2.24, 2.45) is 0 Å². The van der Waals surface area contributed by atoms with E-state index in [4.69, 9.17) is 9.26 Å². The number of nitrogens with zero attached hydrogens (tertiary/aromatic N) is 3. The molecule has 0 atom stereocenters. The van der Waals surface area contributed by atoms with Crippen LogP contribution in [0.1, 0.15) is 17.3 Å². The molecule has 0 amide bonds. The summed E-state index contributed by atoms with van der Waals surface area (Å²) in [6, 6.07) is 3.83. The number of methoxy groups -OCH3 is 1. The number of pyridine rings is 1. The minimum absolute atomic E-state index is 0.551. The molecule has 6 nitrogen and oxygen atoms in total. The molecule has 90 valence electrons. The molecule has 2 aromatic heterocycles. The van der Waals surface area contributed by atoms with Crippen molar-refractivity contribution >= 4 is 0 Å². The zero-order chi connectivity index (χ0) is 12.1. The molecule has 1 N–H and O–H groups in total. The summed E-state index contributed by atoms with van der Waals surface area (Å²) in [6.45, 7) is 2.96. The highest BCUT2D eigenvalue weighted by Crippen LogP contribution is 2.12. The minimum atomic E-state index is 0.551. The van der Waals surface area contributed by atoms with E-state index in [1.807, 2.05) is 12.1 Å². The van der Waals surface area contributed by atoms with Crippen LogP contribution in [0.5, 0.6) is 5.88 Å². The van der Waals surface area contributed by atoms with Crippen LogP contribution in [0.4, 0.5) is 0 Å². The van der Waals surface area contributed by atoms with Gasteiger partial charge in [-0.2, -0.15) is 4.98 Å². The van der Waals surface area contributed by atoms with Gasteiger partial charge in [0, 0.05) is 25.2 Å². The van der Waals surface area contributed by atoms with Gasteiger partial charge in [0.2, 0.25) is 11.8 Å². The first-order valence-corrected chi connectivity index (χ1v) is 5.27. The van der Waals surface area contributed by atoms with Gasteiger partial charge < -0.3 is 14.6 Å². The van der Waals surface area contributed by atoms with Crippen LogP contribution in [0.2, 0.25) is 0 Å². The highest BCUT2D eigenvalue weighted by Gasteiger charge is 2.04. The fraction of sp³-hybridized carbons (Fsp3) is 0.364. The highest BCUT2D eigenvalue weighted by atomic mass is 16.5. The van der Waals surface area contributed by atoms with Crippen LogP contribution in [0.15, 0.2) is 22.9 Å². The average Bonchev–Trinajstić information content (AvgIpc) is 2.76. The summed E-state index contributed by atoms with van der Waals surface area (Å²) in [5, 5.41) is 7.00. The zero-order valence-electron chi connectivity index (χ0n) is 9.80. The molecule has 17 heavy (non-hydrogen) atoms. The molecule has 0 saturated carbocycles. The molecule has 0 saturated heterocycles. The molecule has 0 bridgehead atoms. The second-order valence-electron chi connectivity index (χ2n) is 3.50. The van der Waals surface area contributed by atoms with Crippen molar-refractivity contribution in [1.29, 1.82) is 0 Å². The Hall–Kier alpha value is -1.95. The molecule has 0 aliphatic heterocycles. The van der Waals surface area contributed by atoms with Crippen LogP contribution in [0.25, 0.3) is 0 Å². The first-order valence-electron chi connectivity index (χ1n) is 5.27. The second-order valence-corrected chi connectivity index (χ2v) is 3.50. The largest absolute Gasteiger partial charge is 0.481 e. The van der Waals surface area contributed by atoms with Crippen molar-refractivity contribution < 1.29 is 9.26 Å². The average molecular weight is 234 g/mol. The van der Waals surface area contributed by atoms with Gasteiger partial charge in [0.1, 0.15) is 0 Å². The lowest BCUT2D eigenvalue weighted by Crippen LogP contribution is -2.14. The van der Waals surface area contributed by atoms with Gasteiger partial charge in [-0.15, -0.1) is 0 Å². The summed E-state index contributed by atoms with van der Waals surface area (Å²) in [4.78, 5) is 8.21. The summed E-state index contributed by atoms with van der Waals surface area (Å²) in [6.07, 6.45) is 1.70. The third-order valence-corrected chi connectivity index (χ3v) is 2.21. The predicted molar refractivity (Wildman–Crippen MR) is 60.4 cm³/mol. The summed E-state index contributed by atoms with van der Waals surface area (Å²) in [7, 11) is 1.61. The summed E-state index contributed by atoms with van der Waals surface area (Å²) in [5.41, 5.74) is 0.996. The van der Waals surface area contributed by atoms with E-state index in [1.165, 1.54) is 0 Å². The van der Waals surface area contributed by atoms with Crippen LogP contribution in [0.3, 0.4) is 0 Å². The molecular formula is C11H14N4O2. The molecule has 0 unspecified atom stereocenters. The number of nitrogens with one attached hydrogen (secondary N) is 1. The van der Waals surface area contributed by atoms with Crippen LogP contribution in [-0.4, -0.2) is 22.2 Å². The van der Waals surface area contributed by atoms with Gasteiger partial charge >= 0.3 is 0 Å². The van der Waals surface area contributed by atoms with Gasteiger partial charge in [-0.1, -0.05) is 11.2 Å². The fourth-order valence-electron chi connectivity index (χ4n) is 1.46. The normalized spacial score (nSPS) is 10.5. The fourth-order valence-corrected chi connectivity index (χ4v) is 1.46. The second kappa shape index (κ2) is 5.40. The van der Waals surface area contributed by atoms with Crippen molar-refractivity contribution in [3.05, 3.63) is 35.6 Å². The third-order valence-electron chi connectivity index (χ3n) is 2.21. The number of rotatable bonds is 5. The molecule has 2 aromatic rings. The van der Waals surface area contributed by atoms with E-state index in [0.29, 0.717) is 30.7 Å². The van der Waals surface area contributed by atoms with E-state index < -0.39 is 0 Å². The van der Waals surface area contributed by atoms with Crippen molar-refractivity contribution in [3.8, 4) is 5.88 Å². The molecule has 0 aromatic carbocycles. The highest BCUT2D eigenvalue weighted by molar-refractivity contribution is 5.24. The molecule has 2 rings (SSSR count). The Bertz CT molecular complexity index is 484. The van der Waals surface area contributed by atoms with E-state index in [2.05, 4.69) is 20.4 Å². The first kappa shape index (κ1) is 11.5. The minimum Gasteiger partial charge on any atom is -0.481 e. The number of ether oxygens (including phenoxy) is 1. The standard InChI is InChI=1S/C11H14N4O2/c1-8-14-10(15-17-8)7-12-6-9-4-3-5-13-11(9)16-2/h3-5,12H,6-7H2,1-2H3. The SMILES string of the molecule is COc1ncccc1CNCc1noc(C)n1. The smallest absolute Gasteiger partial charge is 0.223 e. The maximum absolute atomic E-state index is 5.15. The van der Waals surface area contributed by atoms with Gasteiger partial charge in [0.15, 0.2) is 5.82 Å². The number of hydrogen-bond donors (Lipinski definition) is 1. The van der Waals surface area contributed by atoms with Gasteiger partial charge in [-0.25, -0.2) is 4.98 Å². The molecule has 0 fully saturated rings. The lowest BCUT2D eigenvalue weighted by atomic mass is 10.2. The number of hydrogen-bond acceptors (Lipinski definition) is 6. The molecule has 0 aliphatic carbocycles. The summed E-state index contributed by atoms with van der Waals surface area (Å²) in [5.74, 6) is 1.84. The van der Waals surface area contributed by atoms with Crippen molar-refractivity contribution in [2.75, 3.05) is 7.11 Å². The van der Waals surface area contributed by atoms with Crippen LogP contribution >= 0.6 is 0 Å². The topological polar surface area (TPSA) is 73.1 Å². The molecule has 0 radical (unpaired) electrons. The molecule has 0 spiro atoms. The van der Waals surface area contributed by atoms with E-state index in [1.54, 1.807) is 20.2 Å².